The molecule has 0 N–H and O–H groups in total. The molecule has 2 aliphatic heterocycles. The van der Waals surface area contributed by atoms with Gasteiger partial charge in [-0.15, -0.1) is 0 Å². The van der Waals surface area contributed by atoms with Gasteiger partial charge in [0.1, 0.15) is 0 Å². The largest absolute Gasteiger partial charge is 0.334 e. The van der Waals surface area contributed by atoms with Gasteiger partial charge in [-0.25, -0.2) is 0 Å². The van der Waals surface area contributed by atoms with Crippen molar-refractivity contribution in [2.45, 2.75) is 38.0 Å². The van der Waals surface area contributed by atoms with Crippen LogP contribution in [0.25, 0.3) is 0 Å². The zero-order valence-electron chi connectivity index (χ0n) is 13.0. The van der Waals surface area contributed by atoms with Crippen LogP contribution in [0.4, 0.5) is 0 Å². The molecule has 0 radical (unpaired) electrons. The first kappa shape index (κ1) is 14.3. The molecule has 5 heteroatoms. The summed E-state index contributed by atoms with van der Waals surface area (Å²) in [5.41, 5.74) is 2.18. The third-order valence-corrected chi connectivity index (χ3v) is 4.90. The van der Waals surface area contributed by atoms with E-state index in [0.717, 1.165) is 30.8 Å². The number of amides is 1. The second kappa shape index (κ2) is 6.08. The summed E-state index contributed by atoms with van der Waals surface area (Å²) in [5.74, 6) is 0.259. The van der Waals surface area contributed by atoms with Crippen molar-refractivity contribution >= 4 is 5.91 Å². The third kappa shape index (κ3) is 2.84. The van der Waals surface area contributed by atoms with Crippen LogP contribution in [0.2, 0.25) is 0 Å². The molecule has 2 aromatic heterocycles. The summed E-state index contributed by atoms with van der Waals surface area (Å²) in [7, 11) is 0. The fourth-order valence-corrected chi connectivity index (χ4v) is 3.80. The van der Waals surface area contributed by atoms with Crippen LogP contribution in [0.1, 0.15) is 24.1 Å². The molecule has 0 spiro atoms. The highest BCUT2D eigenvalue weighted by Gasteiger charge is 2.46. The molecule has 0 unspecified atom stereocenters. The SMILES string of the molecule is O=C1C[C@H]2[C@H](CCN2Cc2ccccn2)N1Cc1cccnc1. The molecular weight excluding hydrogens is 288 g/mol. The number of nitrogens with zero attached hydrogens (tertiary/aromatic N) is 4. The Morgan fingerprint density at radius 1 is 1.09 bits per heavy atom. The Morgan fingerprint density at radius 3 is 2.83 bits per heavy atom. The third-order valence-electron chi connectivity index (χ3n) is 4.90. The normalized spacial score (nSPS) is 24.2. The summed E-state index contributed by atoms with van der Waals surface area (Å²) >= 11 is 0. The second-order valence-corrected chi connectivity index (χ2v) is 6.30. The van der Waals surface area contributed by atoms with Gasteiger partial charge in [0, 0.05) is 56.7 Å². The molecule has 1 amide bonds. The highest BCUT2D eigenvalue weighted by molar-refractivity contribution is 5.80. The molecule has 2 aromatic rings. The lowest BCUT2D eigenvalue weighted by Gasteiger charge is -2.25. The van der Waals surface area contributed by atoms with Crippen molar-refractivity contribution in [3.8, 4) is 0 Å². The van der Waals surface area contributed by atoms with Crippen LogP contribution in [0.5, 0.6) is 0 Å². The van der Waals surface area contributed by atoms with Gasteiger partial charge in [-0.2, -0.15) is 0 Å². The van der Waals surface area contributed by atoms with E-state index >= 15 is 0 Å². The van der Waals surface area contributed by atoms with Crippen molar-refractivity contribution in [3.05, 3.63) is 60.2 Å². The molecule has 0 saturated carbocycles. The summed E-state index contributed by atoms with van der Waals surface area (Å²) in [6.07, 6.45) is 7.11. The van der Waals surface area contributed by atoms with Crippen LogP contribution in [0, 0.1) is 0 Å². The topological polar surface area (TPSA) is 49.3 Å². The van der Waals surface area contributed by atoms with E-state index in [2.05, 4.69) is 20.9 Å². The second-order valence-electron chi connectivity index (χ2n) is 6.30. The van der Waals surface area contributed by atoms with Crippen molar-refractivity contribution in [1.29, 1.82) is 0 Å². The maximum absolute atomic E-state index is 12.5. The van der Waals surface area contributed by atoms with E-state index in [0.29, 0.717) is 25.0 Å². The monoisotopic (exact) mass is 308 g/mol. The fourth-order valence-electron chi connectivity index (χ4n) is 3.80. The zero-order valence-corrected chi connectivity index (χ0v) is 13.0. The van der Waals surface area contributed by atoms with Crippen LogP contribution in [0.15, 0.2) is 48.9 Å². The number of pyridine rings is 2. The van der Waals surface area contributed by atoms with Gasteiger partial charge in [-0.3, -0.25) is 19.7 Å². The van der Waals surface area contributed by atoms with Gasteiger partial charge in [0.05, 0.1) is 5.69 Å². The van der Waals surface area contributed by atoms with Crippen LogP contribution < -0.4 is 0 Å². The van der Waals surface area contributed by atoms with Gasteiger partial charge < -0.3 is 4.90 Å². The summed E-state index contributed by atoms with van der Waals surface area (Å²) in [4.78, 5) is 25.5. The molecule has 4 heterocycles. The Balaban J connectivity index is 1.47. The first-order valence-corrected chi connectivity index (χ1v) is 8.13. The van der Waals surface area contributed by atoms with Crippen molar-refractivity contribution in [2.75, 3.05) is 6.54 Å². The maximum Gasteiger partial charge on any atom is 0.224 e. The van der Waals surface area contributed by atoms with E-state index in [1.54, 1.807) is 6.20 Å². The number of carbonyl (C=O) groups excluding carboxylic acids is 1. The standard InChI is InChI=1S/C18H20N4O/c23-18-10-17-16(22(18)12-14-4-3-7-19-11-14)6-9-21(17)13-15-5-1-2-8-20-15/h1-5,7-8,11,16-17H,6,9-10,12-13H2/t16-,17-/m0/s1. The van der Waals surface area contributed by atoms with Crippen LogP contribution in [-0.4, -0.2) is 44.3 Å². The van der Waals surface area contributed by atoms with E-state index in [4.69, 9.17) is 0 Å². The fraction of sp³-hybridized carbons (Fsp3) is 0.389. The Morgan fingerprint density at radius 2 is 2.04 bits per heavy atom. The molecule has 23 heavy (non-hydrogen) atoms. The number of aromatic nitrogens is 2. The Hall–Kier alpha value is -2.27. The molecule has 2 saturated heterocycles. The molecule has 2 atom stereocenters. The van der Waals surface area contributed by atoms with Crippen LogP contribution in [-0.2, 0) is 17.9 Å². The van der Waals surface area contributed by atoms with Crippen molar-refractivity contribution in [1.82, 2.24) is 19.8 Å². The van der Waals surface area contributed by atoms with Gasteiger partial charge in [0.2, 0.25) is 5.91 Å². The molecule has 4 rings (SSSR count). The minimum absolute atomic E-state index is 0.259. The lowest BCUT2D eigenvalue weighted by molar-refractivity contribution is -0.129. The van der Waals surface area contributed by atoms with E-state index in [-0.39, 0.29) is 5.91 Å². The molecular formula is C18H20N4O. The minimum Gasteiger partial charge on any atom is -0.334 e. The van der Waals surface area contributed by atoms with Gasteiger partial charge in [0.25, 0.3) is 0 Å². The summed E-state index contributed by atoms with van der Waals surface area (Å²) in [6.45, 7) is 2.53. The molecule has 0 bridgehead atoms. The van der Waals surface area contributed by atoms with Gasteiger partial charge in [0.15, 0.2) is 0 Å². The smallest absolute Gasteiger partial charge is 0.224 e. The average Bonchev–Trinajstić information content (AvgIpc) is 3.10. The first-order chi connectivity index (χ1) is 11.3. The van der Waals surface area contributed by atoms with Crippen molar-refractivity contribution in [2.24, 2.45) is 0 Å². The predicted molar refractivity (Wildman–Crippen MR) is 86.2 cm³/mol. The molecule has 118 valence electrons. The maximum atomic E-state index is 12.5. The number of hydrogen-bond donors (Lipinski definition) is 0. The van der Waals surface area contributed by atoms with E-state index in [1.807, 2.05) is 41.6 Å². The molecule has 2 aliphatic rings. The summed E-state index contributed by atoms with van der Waals surface area (Å²) < 4.78 is 0. The van der Waals surface area contributed by atoms with Crippen LogP contribution in [0.3, 0.4) is 0 Å². The van der Waals surface area contributed by atoms with Crippen molar-refractivity contribution in [3.63, 3.8) is 0 Å². The highest BCUT2D eigenvalue weighted by Crippen LogP contribution is 2.34. The van der Waals surface area contributed by atoms with E-state index in [9.17, 15) is 4.79 Å². The number of likely N-dealkylation sites (tertiary alicyclic amines) is 2. The molecule has 0 aromatic carbocycles. The Labute approximate surface area is 136 Å². The Bertz CT molecular complexity index is 676. The number of fused-ring (bicyclic) bond motifs is 1. The zero-order chi connectivity index (χ0) is 15.6. The number of carbonyl (C=O) groups is 1. The van der Waals surface area contributed by atoms with Crippen molar-refractivity contribution < 1.29 is 4.79 Å². The highest BCUT2D eigenvalue weighted by atomic mass is 16.2. The lowest BCUT2D eigenvalue weighted by atomic mass is 10.1. The number of rotatable bonds is 4. The Kier molecular flexibility index (Phi) is 3.79. The molecule has 0 aliphatic carbocycles. The molecule has 5 nitrogen and oxygen atoms in total. The van der Waals surface area contributed by atoms with Gasteiger partial charge >= 0.3 is 0 Å². The average molecular weight is 308 g/mol. The summed E-state index contributed by atoms with van der Waals surface area (Å²) in [6, 6.07) is 10.6. The van der Waals surface area contributed by atoms with Crippen LogP contribution >= 0.6 is 0 Å². The van der Waals surface area contributed by atoms with E-state index in [1.165, 1.54) is 0 Å². The van der Waals surface area contributed by atoms with Gasteiger partial charge in [-0.05, 0) is 30.2 Å². The summed E-state index contributed by atoms with van der Waals surface area (Å²) in [5, 5.41) is 0. The molecule has 2 fully saturated rings. The number of hydrogen-bond acceptors (Lipinski definition) is 4. The quantitative estimate of drug-likeness (QED) is 0.865. The first-order valence-electron chi connectivity index (χ1n) is 8.13. The van der Waals surface area contributed by atoms with E-state index < -0.39 is 0 Å². The minimum atomic E-state index is 0.259. The van der Waals surface area contributed by atoms with Gasteiger partial charge in [-0.1, -0.05) is 12.1 Å². The lowest BCUT2D eigenvalue weighted by Crippen LogP contribution is -2.36. The predicted octanol–water partition coefficient (Wildman–Crippen LogP) is 1.85.